The Morgan fingerprint density at radius 3 is 1.96 bits per heavy atom. The first-order chi connectivity index (χ1) is 12.1. The Morgan fingerprint density at radius 1 is 0.960 bits per heavy atom. The Kier molecular flexibility index (Phi) is 7.06. The predicted molar refractivity (Wildman–Crippen MR) is 105 cm³/mol. The molecule has 0 aliphatic carbocycles. The van der Waals surface area contributed by atoms with Gasteiger partial charge in [0.1, 0.15) is 0 Å². The van der Waals surface area contributed by atoms with E-state index in [1.54, 1.807) is 0 Å². The minimum Gasteiger partial charge on any atom is -0.388 e. The van der Waals surface area contributed by atoms with Gasteiger partial charge in [0.15, 0.2) is 0 Å². The van der Waals surface area contributed by atoms with Gasteiger partial charge in [-0.2, -0.15) is 0 Å². The first-order valence-electron chi connectivity index (χ1n) is 8.49. The highest BCUT2D eigenvalue weighted by Gasteiger charge is 2.05. The molecule has 0 radical (unpaired) electrons. The predicted octanol–water partition coefficient (Wildman–Crippen LogP) is 3.41. The third-order valence-corrected chi connectivity index (χ3v) is 3.71. The van der Waals surface area contributed by atoms with Crippen LogP contribution in [0.4, 0.5) is 11.4 Å². The zero-order valence-electron chi connectivity index (χ0n) is 15.1. The van der Waals surface area contributed by atoms with Gasteiger partial charge in [0.25, 0.3) is 0 Å². The second kappa shape index (κ2) is 9.51. The molecule has 0 atom stereocenters. The van der Waals surface area contributed by atoms with Crippen LogP contribution in [0.25, 0.3) is 0 Å². The average Bonchev–Trinajstić information content (AvgIpc) is 2.61. The van der Waals surface area contributed by atoms with Crippen molar-refractivity contribution < 1.29 is 4.79 Å². The van der Waals surface area contributed by atoms with E-state index in [0.717, 1.165) is 35.5 Å². The lowest BCUT2D eigenvalue weighted by Gasteiger charge is -2.14. The van der Waals surface area contributed by atoms with E-state index in [1.807, 2.05) is 67.5 Å². The molecule has 2 N–H and O–H groups in total. The molecule has 0 aromatic heterocycles. The molecule has 0 unspecified atom stereocenters. The fourth-order valence-corrected chi connectivity index (χ4v) is 2.41. The van der Waals surface area contributed by atoms with Crippen LogP contribution in [0.5, 0.6) is 0 Å². The van der Waals surface area contributed by atoms with Gasteiger partial charge in [0.05, 0.1) is 6.54 Å². The highest BCUT2D eigenvalue weighted by Crippen LogP contribution is 2.10. The van der Waals surface area contributed by atoms with Crippen LogP contribution in [-0.2, 0) is 4.79 Å². The van der Waals surface area contributed by atoms with E-state index >= 15 is 0 Å². The van der Waals surface area contributed by atoms with E-state index in [9.17, 15) is 4.79 Å². The summed E-state index contributed by atoms with van der Waals surface area (Å²) in [5.41, 5.74) is 3.74. The number of anilines is 2. The summed E-state index contributed by atoms with van der Waals surface area (Å²) in [7, 11) is 3.84. The summed E-state index contributed by atoms with van der Waals surface area (Å²) in [5, 5.41) is 5.99. The molecule has 1 amide bonds. The standard InChI is InChI=1S/C21H25N3O/c1-4-15-24(3)16-21(25)23-20-13-9-18(10-14-20)6-5-17-7-11-19(22-2)12-8-17/h7-14,22H,4,15-16H2,1-3H3,(H,23,25). The highest BCUT2D eigenvalue weighted by molar-refractivity contribution is 5.92. The Labute approximate surface area is 150 Å². The number of nitrogens with zero attached hydrogens (tertiary/aromatic N) is 1. The summed E-state index contributed by atoms with van der Waals surface area (Å²) in [6, 6.07) is 15.6. The van der Waals surface area contributed by atoms with E-state index in [2.05, 4.69) is 29.4 Å². The largest absolute Gasteiger partial charge is 0.388 e. The van der Waals surface area contributed by atoms with Crippen molar-refractivity contribution in [3.05, 3.63) is 59.7 Å². The number of benzene rings is 2. The van der Waals surface area contributed by atoms with Gasteiger partial charge in [0.2, 0.25) is 5.91 Å². The summed E-state index contributed by atoms with van der Waals surface area (Å²) >= 11 is 0. The first-order valence-corrected chi connectivity index (χ1v) is 8.49. The maximum Gasteiger partial charge on any atom is 0.238 e. The number of hydrogen-bond acceptors (Lipinski definition) is 3. The Bertz CT molecular complexity index is 739. The van der Waals surface area contributed by atoms with E-state index in [1.165, 1.54) is 0 Å². The third kappa shape index (κ3) is 6.33. The second-order valence-electron chi connectivity index (χ2n) is 5.94. The normalized spacial score (nSPS) is 10.1. The van der Waals surface area contributed by atoms with Crippen LogP contribution in [0, 0.1) is 11.8 Å². The van der Waals surface area contributed by atoms with Crippen LogP contribution >= 0.6 is 0 Å². The minimum absolute atomic E-state index is 0.000549. The van der Waals surface area contributed by atoms with Crippen LogP contribution in [0.2, 0.25) is 0 Å². The molecule has 0 bridgehead atoms. The molecule has 0 heterocycles. The average molecular weight is 335 g/mol. The quantitative estimate of drug-likeness (QED) is 0.795. The second-order valence-corrected chi connectivity index (χ2v) is 5.94. The number of hydrogen-bond donors (Lipinski definition) is 2. The van der Waals surface area contributed by atoms with Gasteiger partial charge in [-0.25, -0.2) is 0 Å². The third-order valence-electron chi connectivity index (χ3n) is 3.71. The SMILES string of the molecule is CCCN(C)CC(=O)Nc1ccc(C#Cc2ccc(NC)cc2)cc1. The number of carbonyl (C=O) groups is 1. The van der Waals surface area contributed by atoms with Gasteiger partial charge in [-0.05, 0) is 68.5 Å². The highest BCUT2D eigenvalue weighted by atomic mass is 16.2. The molecule has 0 fully saturated rings. The molecule has 25 heavy (non-hydrogen) atoms. The number of nitrogens with one attached hydrogen (secondary N) is 2. The van der Waals surface area contributed by atoms with Crippen molar-refractivity contribution in [2.75, 3.05) is 37.8 Å². The first kappa shape index (κ1) is 18.6. The number of carbonyl (C=O) groups excluding carboxylic acids is 1. The Hall–Kier alpha value is -2.77. The monoisotopic (exact) mass is 335 g/mol. The van der Waals surface area contributed by atoms with Crippen molar-refractivity contribution in [2.45, 2.75) is 13.3 Å². The maximum absolute atomic E-state index is 12.0. The van der Waals surface area contributed by atoms with E-state index < -0.39 is 0 Å². The van der Waals surface area contributed by atoms with E-state index in [-0.39, 0.29) is 5.91 Å². The molecule has 130 valence electrons. The molecule has 4 nitrogen and oxygen atoms in total. The minimum atomic E-state index is -0.000549. The van der Waals surface area contributed by atoms with E-state index in [0.29, 0.717) is 6.54 Å². The van der Waals surface area contributed by atoms with Gasteiger partial charge in [0, 0.05) is 29.5 Å². The number of likely N-dealkylation sites (N-methyl/N-ethyl adjacent to an activating group) is 1. The van der Waals surface area contributed by atoms with Gasteiger partial charge in [-0.15, -0.1) is 0 Å². The van der Waals surface area contributed by atoms with Crippen molar-refractivity contribution in [2.24, 2.45) is 0 Å². The zero-order valence-corrected chi connectivity index (χ0v) is 15.1. The maximum atomic E-state index is 12.0. The fourth-order valence-electron chi connectivity index (χ4n) is 2.41. The molecular weight excluding hydrogens is 310 g/mol. The zero-order chi connectivity index (χ0) is 18.1. The van der Waals surface area contributed by atoms with Crippen LogP contribution in [0.1, 0.15) is 24.5 Å². The Balaban J connectivity index is 1.93. The lowest BCUT2D eigenvalue weighted by atomic mass is 10.1. The molecule has 2 aromatic rings. The summed E-state index contributed by atoms with van der Waals surface area (Å²) in [4.78, 5) is 14.0. The van der Waals surface area contributed by atoms with Gasteiger partial charge in [-0.1, -0.05) is 18.8 Å². The Morgan fingerprint density at radius 2 is 1.48 bits per heavy atom. The van der Waals surface area contributed by atoms with Gasteiger partial charge < -0.3 is 10.6 Å². The van der Waals surface area contributed by atoms with Crippen molar-refractivity contribution in [1.29, 1.82) is 0 Å². The summed E-state index contributed by atoms with van der Waals surface area (Å²) in [5.74, 6) is 6.28. The van der Waals surface area contributed by atoms with Crippen molar-refractivity contribution in [3.63, 3.8) is 0 Å². The molecule has 0 aliphatic rings. The van der Waals surface area contributed by atoms with Crippen molar-refractivity contribution in [1.82, 2.24) is 4.90 Å². The molecule has 0 spiro atoms. The summed E-state index contributed by atoms with van der Waals surface area (Å²) in [6.07, 6.45) is 1.04. The van der Waals surface area contributed by atoms with Crippen molar-refractivity contribution >= 4 is 17.3 Å². The molecular formula is C21H25N3O. The van der Waals surface area contributed by atoms with Gasteiger partial charge >= 0.3 is 0 Å². The molecule has 0 saturated carbocycles. The van der Waals surface area contributed by atoms with Crippen LogP contribution < -0.4 is 10.6 Å². The van der Waals surface area contributed by atoms with Crippen LogP contribution in [0.3, 0.4) is 0 Å². The topological polar surface area (TPSA) is 44.4 Å². The van der Waals surface area contributed by atoms with Crippen molar-refractivity contribution in [3.8, 4) is 11.8 Å². The summed E-state index contributed by atoms with van der Waals surface area (Å²) in [6.45, 7) is 3.42. The smallest absolute Gasteiger partial charge is 0.238 e. The molecule has 2 rings (SSSR count). The van der Waals surface area contributed by atoms with Crippen LogP contribution in [0.15, 0.2) is 48.5 Å². The van der Waals surface area contributed by atoms with Gasteiger partial charge in [-0.3, -0.25) is 9.69 Å². The molecule has 0 aliphatic heterocycles. The lowest BCUT2D eigenvalue weighted by Crippen LogP contribution is -2.30. The fraction of sp³-hybridized carbons (Fsp3) is 0.286. The molecule has 4 heteroatoms. The molecule has 0 saturated heterocycles. The lowest BCUT2D eigenvalue weighted by molar-refractivity contribution is -0.117. The van der Waals surface area contributed by atoms with Crippen LogP contribution in [-0.4, -0.2) is 38.0 Å². The molecule has 2 aromatic carbocycles. The summed E-state index contributed by atoms with van der Waals surface area (Å²) < 4.78 is 0. The number of amides is 1. The van der Waals surface area contributed by atoms with E-state index in [4.69, 9.17) is 0 Å². The number of rotatable bonds is 6.